The Morgan fingerprint density at radius 2 is 1.97 bits per heavy atom. The number of nitrogen functional groups attached to an aromatic ring is 1. The van der Waals surface area contributed by atoms with Gasteiger partial charge in [0.1, 0.15) is 32.4 Å². The summed E-state index contributed by atoms with van der Waals surface area (Å²) in [7, 11) is 2.37. The summed E-state index contributed by atoms with van der Waals surface area (Å²) in [6, 6.07) is 6.88. The molecule has 3 rings (SSSR count). The summed E-state index contributed by atoms with van der Waals surface area (Å²) >= 11 is 2.68. The lowest BCUT2D eigenvalue weighted by Crippen LogP contribution is -2.31. The fraction of sp³-hybridized carbons (Fsp3) is 0.235. The number of hydrogen-bond acceptors (Lipinski definition) is 9. The molecule has 1 unspecified atom stereocenters. The molecule has 0 saturated carbocycles. The van der Waals surface area contributed by atoms with Crippen LogP contribution in [0.15, 0.2) is 34.5 Å². The van der Waals surface area contributed by atoms with Gasteiger partial charge >= 0.3 is 0 Å². The van der Waals surface area contributed by atoms with E-state index in [0.29, 0.717) is 38.0 Å². The van der Waals surface area contributed by atoms with Crippen LogP contribution in [-0.2, 0) is 11.0 Å². The molecule has 0 bridgehead atoms. The number of likely N-dealkylation sites (N-methyl/N-ethyl adjacent to an activating group) is 1. The quantitative estimate of drug-likeness (QED) is 0.410. The van der Waals surface area contributed by atoms with Gasteiger partial charge in [-0.15, -0.1) is 11.3 Å². The average Bonchev–Trinajstić information content (AvgIpc) is 3.28. The maximum Gasteiger partial charge on any atom is 0.270 e. The lowest BCUT2D eigenvalue weighted by molar-refractivity contribution is 0.0947. The molecule has 9 nitrogen and oxygen atoms in total. The highest BCUT2D eigenvalue weighted by Crippen LogP contribution is 2.37. The molecule has 3 aromatic rings. The van der Waals surface area contributed by atoms with Gasteiger partial charge in [-0.05, 0) is 38.4 Å². The van der Waals surface area contributed by atoms with Crippen molar-refractivity contribution in [3.63, 3.8) is 0 Å². The molecule has 154 valence electrons. The molecule has 1 atom stereocenters. The average molecular weight is 452 g/mol. The molecule has 29 heavy (non-hydrogen) atoms. The van der Waals surface area contributed by atoms with Crippen molar-refractivity contribution in [1.82, 2.24) is 20.2 Å². The van der Waals surface area contributed by atoms with Crippen molar-refractivity contribution < 1.29 is 9.00 Å². The molecule has 12 heteroatoms. The van der Waals surface area contributed by atoms with E-state index in [-0.39, 0.29) is 5.91 Å². The number of anilines is 3. The summed E-state index contributed by atoms with van der Waals surface area (Å²) in [4.78, 5) is 24.2. The second kappa shape index (κ2) is 9.41. The van der Waals surface area contributed by atoms with Crippen LogP contribution < -0.4 is 21.5 Å². The molecule has 0 aliphatic carbocycles. The molecular weight excluding hydrogens is 430 g/mol. The molecule has 6 N–H and O–H groups in total. The Hall–Kier alpha value is -2.38. The molecule has 0 fully saturated rings. The second-order valence-corrected chi connectivity index (χ2v) is 9.20. The van der Waals surface area contributed by atoms with Gasteiger partial charge in [0, 0.05) is 24.2 Å². The number of thiazole rings is 2. The number of nitrogens with zero attached hydrogens (tertiary/aromatic N) is 3. The molecule has 0 spiro atoms. The number of aromatic nitrogens is 2. The number of carbonyl (C=O) groups is 1. The zero-order chi connectivity index (χ0) is 21.0. The first-order valence-electron chi connectivity index (χ1n) is 8.52. The maximum atomic E-state index is 12.2. The maximum absolute atomic E-state index is 12.2. The molecule has 0 aliphatic rings. The van der Waals surface area contributed by atoms with Gasteiger partial charge in [-0.25, -0.2) is 19.3 Å². The fourth-order valence-corrected chi connectivity index (χ4v) is 4.51. The summed E-state index contributed by atoms with van der Waals surface area (Å²) in [5, 5.41) is 14.3. The normalized spacial score (nSPS) is 12.1. The molecule has 2 aromatic heterocycles. The Labute approximate surface area is 178 Å². The smallest absolute Gasteiger partial charge is 0.270 e. The van der Waals surface area contributed by atoms with Crippen molar-refractivity contribution in [2.24, 2.45) is 5.14 Å². The van der Waals surface area contributed by atoms with Crippen LogP contribution in [0.2, 0.25) is 0 Å². The third-order valence-corrected chi connectivity index (χ3v) is 6.49. The predicted octanol–water partition coefficient (Wildman–Crippen LogP) is 1.87. The lowest BCUT2D eigenvalue weighted by atomic mass is 10.3. The predicted molar refractivity (Wildman–Crippen MR) is 119 cm³/mol. The van der Waals surface area contributed by atoms with E-state index < -0.39 is 11.0 Å². The van der Waals surface area contributed by atoms with Gasteiger partial charge < -0.3 is 21.3 Å². The van der Waals surface area contributed by atoms with Gasteiger partial charge in [0.25, 0.3) is 5.91 Å². The van der Waals surface area contributed by atoms with E-state index in [9.17, 15) is 9.00 Å². The van der Waals surface area contributed by atoms with Crippen molar-refractivity contribution in [2.45, 2.75) is 4.90 Å². The highest BCUT2D eigenvalue weighted by atomic mass is 32.2. The summed E-state index contributed by atoms with van der Waals surface area (Å²) < 4.78 is 11.3. The Kier molecular flexibility index (Phi) is 6.92. The minimum Gasteiger partial charge on any atom is -0.382 e. The Bertz CT molecular complexity index is 1010. The Morgan fingerprint density at radius 3 is 2.62 bits per heavy atom. The highest BCUT2D eigenvalue weighted by molar-refractivity contribution is 7.82. The number of amides is 1. The van der Waals surface area contributed by atoms with Crippen LogP contribution in [0.4, 0.5) is 16.6 Å². The topological polar surface area (TPSA) is 139 Å². The van der Waals surface area contributed by atoms with E-state index in [0.717, 1.165) is 12.2 Å². The Balaban J connectivity index is 1.69. The van der Waals surface area contributed by atoms with Crippen molar-refractivity contribution in [3.05, 3.63) is 35.3 Å². The first kappa shape index (κ1) is 21.3. The monoisotopic (exact) mass is 451 g/mol. The van der Waals surface area contributed by atoms with Crippen LogP contribution in [0.3, 0.4) is 0 Å². The molecule has 0 saturated heterocycles. The van der Waals surface area contributed by atoms with Gasteiger partial charge in [-0.1, -0.05) is 11.3 Å². The van der Waals surface area contributed by atoms with Crippen molar-refractivity contribution in [1.29, 1.82) is 0 Å². The van der Waals surface area contributed by atoms with E-state index in [4.69, 9.17) is 10.9 Å². The molecule has 0 aliphatic heterocycles. The van der Waals surface area contributed by atoms with E-state index >= 15 is 0 Å². The zero-order valence-electron chi connectivity index (χ0n) is 15.8. The fourth-order valence-electron chi connectivity index (χ4n) is 2.30. The van der Waals surface area contributed by atoms with Crippen molar-refractivity contribution >= 4 is 56.2 Å². The van der Waals surface area contributed by atoms with Crippen LogP contribution in [0.25, 0.3) is 9.88 Å². The van der Waals surface area contributed by atoms with E-state index in [1.165, 1.54) is 22.7 Å². The zero-order valence-corrected chi connectivity index (χ0v) is 18.3. The first-order valence-corrected chi connectivity index (χ1v) is 11.4. The highest BCUT2D eigenvalue weighted by Gasteiger charge is 2.17. The molecule has 1 amide bonds. The van der Waals surface area contributed by atoms with Gasteiger partial charge in [0.2, 0.25) is 0 Å². The van der Waals surface area contributed by atoms with Crippen molar-refractivity contribution in [3.8, 4) is 9.88 Å². The first-order chi connectivity index (χ1) is 13.8. The summed E-state index contributed by atoms with van der Waals surface area (Å²) in [6.07, 6.45) is 0. The molecule has 1 aromatic carbocycles. The lowest BCUT2D eigenvalue weighted by Gasteiger charge is -2.09. The molecule has 2 heterocycles. The SMILES string of the molecule is CN(C)CCNC(=O)c1csc(-c2sc(Nc3ccc(S(N)=O)cc3)nc2N)n1. The van der Waals surface area contributed by atoms with Crippen LogP contribution in [-0.4, -0.2) is 52.2 Å². The van der Waals surface area contributed by atoms with E-state index in [1.807, 2.05) is 19.0 Å². The van der Waals surface area contributed by atoms with Gasteiger partial charge in [-0.3, -0.25) is 4.79 Å². The number of nitrogens with one attached hydrogen (secondary N) is 2. The van der Waals surface area contributed by atoms with Gasteiger partial charge in [-0.2, -0.15) is 0 Å². The number of benzene rings is 1. The standard InChI is InChI=1S/C17H21N7O2S3/c1-24(2)8-7-20-15(25)12-9-27-16(22-12)13-14(18)23-17(28-13)21-10-3-5-11(6-4-10)29(19)26/h3-6,9H,7-8,18-19H2,1-2H3,(H,20,25)(H,21,23). The van der Waals surface area contributed by atoms with E-state index in [2.05, 4.69) is 20.6 Å². The van der Waals surface area contributed by atoms with Gasteiger partial charge in [0.05, 0.1) is 4.90 Å². The van der Waals surface area contributed by atoms with Gasteiger partial charge in [0.15, 0.2) is 5.13 Å². The third kappa shape index (κ3) is 5.58. The van der Waals surface area contributed by atoms with Crippen molar-refractivity contribution in [2.75, 3.05) is 38.2 Å². The third-order valence-electron chi connectivity index (χ3n) is 3.77. The minimum atomic E-state index is -1.52. The molecule has 0 radical (unpaired) electrons. The minimum absolute atomic E-state index is 0.215. The van der Waals surface area contributed by atoms with Crippen LogP contribution in [0.1, 0.15) is 10.5 Å². The largest absolute Gasteiger partial charge is 0.382 e. The van der Waals surface area contributed by atoms with Crippen LogP contribution >= 0.6 is 22.7 Å². The van der Waals surface area contributed by atoms with Crippen LogP contribution in [0.5, 0.6) is 0 Å². The summed E-state index contributed by atoms with van der Waals surface area (Å²) in [5.41, 5.74) is 7.17. The number of carbonyl (C=O) groups excluding carboxylic acids is 1. The summed E-state index contributed by atoms with van der Waals surface area (Å²) in [5.74, 6) is 0.124. The number of nitrogens with two attached hydrogens (primary N) is 2. The number of hydrogen-bond donors (Lipinski definition) is 4. The van der Waals surface area contributed by atoms with Crippen LogP contribution in [0, 0.1) is 0 Å². The number of rotatable bonds is 8. The second-order valence-electron chi connectivity index (χ2n) is 6.28. The summed E-state index contributed by atoms with van der Waals surface area (Å²) in [6.45, 7) is 1.30. The van der Waals surface area contributed by atoms with E-state index in [1.54, 1.807) is 29.6 Å². The Morgan fingerprint density at radius 1 is 1.24 bits per heavy atom. The molecular formula is C17H21N7O2S3.